The Labute approximate surface area is 356 Å². The van der Waals surface area contributed by atoms with Crippen molar-refractivity contribution in [2.45, 2.75) is 226 Å². The summed E-state index contributed by atoms with van der Waals surface area (Å²) < 4.78 is 2.58. The lowest BCUT2D eigenvalue weighted by Gasteiger charge is -2.34. The molecule has 0 bridgehead atoms. The quantitative estimate of drug-likeness (QED) is 0.0291. The van der Waals surface area contributed by atoms with Gasteiger partial charge in [0, 0.05) is 25.1 Å². The Kier molecular flexibility index (Phi) is 22.5. The number of para-hydroxylation sites is 4. The van der Waals surface area contributed by atoms with Gasteiger partial charge >= 0.3 is 0 Å². The Balaban J connectivity index is 1.07. The Morgan fingerprint density at radius 1 is 0.414 bits per heavy atom. The van der Waals surface area contributed by atoms with Crippen LogP contribution in [0.3, 0.4) is 0 Å². The van der Waals surface area contributed by atoms with Crippen LogP contribution in [-0.4, -0.2) is 11.5 Å². The Bertz CT molecular complexity index is 1680. The van der Waals surface area contributed by atoms with E-state index in [0.29, 0.717) is 0 Å². The minimum absolute atomic E-state index is 1.04. The highest BCUT2D eigenvalue weighted by Gasteiger charge is 2.26. The molecule has 0 atom stereocenters. The number of benzene rings is 3. The number of rotatable bonds is 34. The molecule has 58 heavy (non-hydrogen) atoms. The van der Waals surface area contributed by atoms with Crippen LogP contribution in [0.15, 0.2) is 60.7 Å². The van der Waals surface area contributed by atoms with Crippen LogP contribution in [0.4, 0.5) is 22.7 Å². The predicted molar refractivity (Wildman–Crippen MR) is 255 cm³/mol. The van der Waals surface area contributed by atoms with E-state index in [-0.39, 0.29) is 0 Å². The molecular weight excluding hydrogens is 705 g/mol. The molecule has 0 fully saturated rings. The fraction of sp³-hybridized carbons (Fsp3) is 0.667. The Morgan fingerprint density at radius 2 is 0.862 bits per heavy atom. The maximum atomic E-state index is 5.22. The molecule has 0 saturated heterocycles. The number of hydrogen-bond acceptors (Lipinski definition) is 3. The van der Waals surface area contributed by atoms with Gasteiger partial charge in [0.05, 0.1) is 22.7 Å². The van der Waals surface area contributed by atoms with Gasteiger partial charge < -0.3 is 10.2 Å². The summed E-state index contributed by atoms with van der Waals surface area (Å²) in [6.07, 6.45) is 44.9. The van der Waals surface area contributed by atoms with Crippen molar-refractivity contribution in [3.63, 3.8) is 0 Å². The van der Waals surface area contributed by atoms with Crippen molar-refractivity contribution in [2.75, 3.05) is 16.8 Å². The monoisotopic (exact) mass is 790 g/mol. The normalized spacial score (nSPS) is 12.3. The zero-order valence-electron chi connectivity index (χ0n) is 37.7. The molecule has 1 aliphatic heterocycles. The number of nitrogens with zero attached hydrogens (tertiary/aromatic N) is 3. The van der Waals surface area contributed by atoms with Crippen LogP contribution < -0.4 is 14.8 Å². The van der Waals surface area contributed by atoms with E-state index in [1.165, 1.54) is 239 Å². The lowest BCUT2D eigenvalue weighted by Crippen LogP contribution is -2.36. The number of aryl methyl sites for hydroxylation is 1. The van der Waals surface area contributed by atoms with E-state index in [0.717, 1.165) is 24.1 Å². The number of anilines is 4. The van der Waals surface area contributed by atoms with E-state index in [4.69, 9.17) is 4.98 Å². The first-order valence-electron chi connectivity index (χ1n) is 25.2. The first kappa shape index (κ1) is 45.9. The summed E-state index contributed by atoms with van der Waals surface area (Å²) in [6.45, 7) is 6.71. The molecule has 1 aliphatic rings. The summed E-state index contributed by atoms with van der Waals surface area (Å²) in [5.74, 6) is 0. The van der Waals surface area contributed by atoms with Crippen molar-refractivity contribution in [1.82, 2.24) is 4.98 Å². The Hall–Kier alpha value is -3.14. The molecule has 0 amide bonds. The third-order valence-corrected chi connectivity index (χ3v) is 13.0. The molecule has 0 radical (unpaired) electrons. The molecule has 1 N–H and O–H groups in total. The first-order chi connectivity index (χ1) is 28.8. The molecule has 3 aromatic carbocycles. The van der Waals surface area contributed by atoms with Crippen molar-refractivity contribution in [3.05, 3.63) is 60.7 Å². The second-order valence-corrected chi connectivity index (χ2v) is 18.0. The van der Waals surface area contributed by atoms with Gasteiger partial charge in [-0.3, -0.25) is 0 Å². The molecule has 320 valence electrons. The molecular formula is C54H85N4+. The largest absolute Gasteiger partial charge is 0.352 e. The highest BCUT2D eigenvalue weighted by Crippen LogP contribution is 2.45. The fourth-order valence-electron chi connectivity index (χ4n) is 9.45. The molecule has 4 heteroatoms. The summed E-state index contributed by atoms with van der Waals surface area (Å²) in [5.41, 5.74) is 9.67. The molecule has 4 nitrogen and oxygen atoms in total. The van der Waals surface area contributed by atoms with Crippen molar-refractivity contribution in [1.29, 1.82) is 0 Å². The maximum Gasteiger partial charge on any atom is 0.233 e. The van der Waals surface area contributed by atoms with Crippen molar-refractivity contribution in [2.24, 2.45) is 0 Å². The molecule has 4 aromatic rings. The highest BCUT2D eigenvalue weighted by molar-refractivity contribution is 5.97. The minimum Gasteiger partial charge on any atom is -0.352 e. The van der Waals surface area contributed by atoms with Crippen molar-refractivity contribution in [3.8, 4) is 0 Å². The Morgan fingerprint density at radius 3 is 1.40 bits per heavy atom. The van der Waals surface area contributed by atoms with Gasteiger partial charge in [-0.25, -0.2) is 4.98 Å². The molecule has 2 heterocycles. The summed E-state index contributed by atoms with van der Waals surface area (Å²) >= 11 is 0. The zero-order chi connectivity index (χ0) is 40.3. The smallest absolute Gasteiger partial charge is 0.233 e. The fourth-order valence-corrected chi connectivity index (χ4v) is 9.45. The standard InChI is InChI=1S/C54H85N4/c1-3-5-7-9-11-13-15-17-19-21-23-25-27-29-31-37-43-57-51-41-35-33-39-47(51)55-49-45-50-54(46-53(49)57)58(52-42-36-34-40-48(52)56-50)44-38-32-30-28-26-24-22-20-18-16-14-12-10-8-6-4-2/h33-36,39-42,45-46,55H,3-32,37-38,43-44H2,1-2H3/q+1. The second kappa shape index (κ2) is 28.3. The number of aromatic nitrogens is 2. The van der Waals surface area contributed by atoms with Crippen LogP contribution in [0.25, 0.3) is 22.1 Å². The lowest BCUT2D eigenvalue weighted by molar-refractivity contribution is -0.646. The summed E-state index contributed by atoms with van der Waals surface area (Å²) in [7, 11) is 0. The highest BCUT2D eigenvalue weighted by atomic mass is 15.2. The van der Waals surface area contributed by atoms with Crippen molar-refractivity contribution >= 4 is 44.8 Å². The number of nitrogens with one attached hydrogen (secondary N) is 1. The maximum absolute atomic E-state index is 5.22. The van der Waals surface area contributed by atoms with Gasteiger partial charge in [-0.05, 0) is 37.1 Å². The van der Waals surface area contributed by atoms with Crippen LogP contribution in [0.1, 0.15) is 219 Å². The third kappa shape index (κ3) is 15.8. The minimum atomic E-state index is 1.04. The molecule has 0 aliphatic carbocycles. The van der Waals surface area contributed by atoms with Gasteiger partial charge in [0.1, 0.15) is 17.6 Å². The predicted octanol–water partition coefficient (Wildman–Crippen LogP) is 17.4. The number of unbranched alkanes of at least 4 members (excludes halogenated alkanes) is 30. The van der Waals surface area contributed by atoms with Crippen LogP contribution in [0.2, 0.25) is 0 Å². The molecule has 0 spiro atoms. The van der Waals surface area contributed by atoms with Gasteiger partial charge in [-0.1, -0.05) is 224 Å². The van der Waals surface area contributed by atoms with Gasteiger partial charge in [0.2, 0.25) is 11.0 Å². The average molecular weight is 790 g/mol. The van der Waals surface area contributed by atoms with E-state index >= 15 is 0 Å². The van der Waals surface area contributed by atoms with Gasteiger partial charge in [-0.15, -0.1) is 0 Å². The molecule has 1 aromatic heterocycles. The number of fused-ring (bicyclic) bond motifs is 4. The van der Waals surface area contributed by atoms with E-state index < -0.39 is 0 Å². The zero-order valence-corrected chi connectivity index (χ0v) is 37.7. The van der Waals surface area contributed by atoms with Crippen LogP contribution in [0.5, 0.6) is 0 Å². The van der Waals surface area contributed by atoms with E-state index in [9.17, 15) is 0 Å². The first-order valence-corrected chi connectivity index (χ1v) is 25.2. The van der Waals surface area contributed by atoms with Crippen LogP contribution in [0, 0.1) is 0 Å². The summed E-state index contributed by atoms with van der Waals surface area (Å²) in [5, 5.41) is 3.80. The van der Waals surface area contributed by atoms with Gasteiger partial charge in [0.25, 0.3) is 0 Å². The van der Waals surface area contributed by atoms with Crippen molar-refractivity contribution < 1.29 is 4.57 Å². The van der Waals surface area contributed by atoms with E-state index in [2.05, 4.69) is 89.3 Å². The van der Waals surface area contributed by atoms with Crippen LogP contribution >= 0.6 is 0 Å². The number of hydrogen-bond donors (Lipinski definition) is 1. The SMILES string of the molecule is CCCCCCCCCCCCCCCCCCN1c2ccccc2Nc2cc3nc4ccccc4[n+](CCCCCCCCCCCCCCCCCC)c3cc21. The topological polar surface area (TPSA) is 32.0 Å². The van der Waals surface area contributed by atoms with Crippen LogP contribution in [-0.2, 0) is 6.54 Å². The molecule has 0 unspecified atom stereocenters. The average Bonchev–Trinajstić information content (AvgIpc) is 3.24. The van der Waals surface area contributed by atoms with Gasteiger partial charge in [0.15, 0.2) is 0 Å². The lowest BCUT2D eigenvalue weighted by atomic mass is 10.0. The summed E-state index contributed by atoms with van der Waals surface area (Å²) in [6, 6.07) is 22.4. The van der Waals surface area contributed by atoms with Gasteiger partial charge in [-0.2, -0.15) is 4.57 Å². The summed E-state index contributed by atoms with van der Waals surface area (Å²) in [4.78, 5) is 7.82. The second-order valence-electron chi connectivity index (χ2n) is 18.0. The van der Waals surface area contributed by atoms with E-state index in [1.54, 1.807) is 0 Å². The third-order valence-electron chi connectivity index (χ3n) is 13.0. The molecule has 0 saturated carbocycles. The molecule has 5 rings (SSSR count). The van der Waals surface area contributed by atoms with E-state index in [1.807, 2.05) is 0 Å².